The Labute approximate surface area is 418 Å². The van der Waals surface area contributed by atoms with E-state index in [4.69, 9.17) is 0 Å². The SMILES string of the molecule is CCCCCc1ccc(-c2ccc(-c3cc(F)c(C(F)(F)Oc4ccc(C)cc4)c(F)c3)c(F)c2)cc1.CCCCc1ccc(-c2ccc(-c3cc(F)c(C(F)(F)Oc4ccc(C)cc4)c(F)c3)c(F)c2)cc1. The average Bonchev–Trinajstić information content (AvgIpc) is 3.34. The summed E-state index contributed by atoms with van der Waals surface area (Å²) >= 11 is 0. The second-order valence-electron chi connectivity index (χ2n) is 17.8. The van der Waals surface area contributed by atoms with Crippen LogP contribution in [-0.2, 0) is 25.1 Å². The largest absolute Gasteiger partial charge is 0.432 e. The molecule has 0 heterocycles. The van der Waals surface area contributed by atoms with Gasteiger partial charge < -0.3 is 9.47 Å². The number of alkyl halides is 4. The zero-order valence-electron chi connectivity index (χ0n) is 40.6. The topological polar surface area (TPSA) is 18.5 Å². The first kappa shape index (κ1) is 53.5. The molecule has 0 aliphatic rings. The summed E-state index contributed by atoms with van der Waals surface area (Å²) in [6, 6.07) is 38.1. The van der Waals surface area contributed by atoms with E-state index in [1.807, 2.05) is 48.5 Å². The van der Waals surface area contributed by atoms with E-state index in [1.54, 1.807) is 26.0 Å². The van der Waals surface area contributed by atoms with Crippen molar-refractivity contribution >= 4 is 0 Å². The molecule has 0 aliphatic carbocycles. The van der Waals surface area contributed by atoms with E-state index in [1.165, 1.54) is 83.9 Å². The Morgan fingerprint density at radius 2 is 0.658 bits per heavy atom. The van der Waals surface area contributed by atoms with Crippen molar-refractivity contribution in [2.24, 2.45) is 0 Å². The van der Waals surface area contributed by atoms with Gasteiger partial charge in [-0.3, -0.25) is 0 Å². The molecule has 0 saturated carbocycles. The molecular formula is C61H52F10O2. The molecule has 0 saturated heterocycles. The predicted molar refractivity (Wildman–Crippen MR) is 268 cm³/mol. The van der Waals surface area contributed by atoms with Gasteiger partial charge >= 0.3 is 12.2 Å². The lowest BCUT2D eigenvalue weighted by molar-refractivity contribution is -0.190. The van der Waals surface area contributed by atoms with E-state index >= 15 is 4.39 Å². The van der Waals surface area contributed by atoms with Crippen molar-refractivity contribution in [3.63, 3.8) is 0 Å². The maximum absolute atomic E-state index is 15.0. The predicted octanol–water partition coefficient (Wildman–Crippen LogP) is 18.8. The summed E-state index contributed by atoms with van der Waals surface area (Å²) in [4.78, 5) is 0. The minimum Gasteiger partial charge on any atom is -0.429 e. The Kier molecular flexibility index (Phi) is 17.2. The van der Waals surface area contributed by atoms with Crippen molar-refractivity contribution in [3.8, 4) is 56.0 Å². The third-order valence-electron chi connectivity index (χ3n) is 12.2. The standard InChI is InChI=1S/C31H27F5O.C30H25F5O/c1-3-4-5-6-21-9-11-22(12-10-21)23-13-16-26(27(32)17-23)24-18-28(33)30(29(34)19-24)31(35,36)37-25-14-7-20(2)8-15-25;1-3-4-5-20-8-10-21(11-9-20)22-12-15-25(26(31)16-22)23-17-27(32)29(28(33)18-23)30(34,35)36-24-13-6-19(2)7-14-24/h7-19H,3-6H2,1-2H3;6-18H,3-5H2,1-2H3. The molecule has 8 aromatic rings. The number of halogens is 10. The molecule has 0 bridgehead atoms. The van der Waals surface area contributed by atoms with Crippen LogP contribution in [0.5, 0.6) is 11.5 Å². The Morgan fingerprint density at radius 3 is 0.986 bits per heavy atom. The number of hydrogen-bond acceptors (Lipinski definition) is 2. The van der Waals surface area contributed by atoms with Crippen LogP contribution in [0.15, 0.2) is 158 Å². The quantitative estimate of drug-likeness (QED) is 0.0668. The maximum atomic E-state index is 15.0. The van der Waals surface area contributed by atoms with Crippen molar-refractivity contribution in [3.05, 3.63) is 226 Å². The molecule has 2 nitrogen and oxygen atoms in total. The summed E-state index contributed by atoms with van der Waals surface area (Å²) in [5, 5.41) is 0. The van der Waals surface area contributed by atoms with Crippen LogP contribution < -0.4 is 9.47 Å². The van der Waals surface area contributed by atoms with Gasteiger partial charge in [-0.15, -0.1) is 0 Å². The van der Waals surface area contributed by atoms with Crippen molar-refractivity contribution in [1.29, 1.82) is 0 Å². The van der Waals surface area contributed by atoms with Crippen molar-refractivity contribution in [1.82, 2.24) is 0 Å². The molecule has 8 aromatic carbocycles. The molecule has 0 aliphatic heterocycles. The van der Waals surface area contributed by atoms with Crippen LogP contribution in [0.25, 0.3) is 44.5 Å². The maximum Gasteiger partial charge on any atom is 0.432 e. The van der Waals surface area contributed by atoms with Gasteiger partial charge in [0.25, 0.3) is 0 Å². The summed E-state index contributed by atoms with van der Waals surface area (Å²) < 4.78 is 157. The molecule has 0 amide bonds. The normalized spacial score (nSPS) is 11.5. The highest BCUT2D eigenvalue weighted by Crippen LogP contribution is 2.40. The van der Waals surface area contributed by atoms with Crippen molar-refractivity contribution < 1.29 is 53.4 Å². The van der Waals surface area contributed by atoms with Crippen molar-refractivity contribution in [2.45, 2.75) is 84.9 Å². The minimum absolute atomic E-state index is 0.105. The van der Waals surface area contributed by atoms with Gasteiger partial charge in [-0.25, -0.2) is 26.3 Å². The summed E-state index contributed by atoms with van der Waals surface area (Å²) in [6.45, 7) is 7.79. The van der Waals surface area contributed by atoms with Gasteiger partial charge in [-0.1, -0.05) is 141 Å². The third kappa shape index (κ3) is 13.4. The molecule has 0 fully saturated rings. The first-order chi connectivity index (χ1) is 34.8. The Balaban J connectivity index is 0.000000214. The summed E-state index contributed by atoms with van der Waals surface area (Å²) in [5.74, 6) is -8.07. The van der Waals surface area contributed by atoms with E-state index in [0.29, 0.717) is 35.4 Å². The van der Waals surface area contributed by atoms with Crippen molar-refractivity contribution in [2.75, 3.05) is 0 Å². The van der Waals surface area contributed by atoms with E-state index < -0.39 is 58.2 Å². The smallest absolute Gasteiger partial charge is 0.429 e. The van der Waals surface area contributed by atoms with Crippen LogP contribution in [0.2, 0.25) is 0 Å². The van der Waals surface area contributed by atoms with E-state index in [-0.39, 0.29) is 33.8 Å². The lowest BCUT2D eigenvalue weighted by atomic mass is 9.97. The molecule has 0 radical (unpaired) electrons. The van der Waals surface area contributed by atoms with Gasteiger partial charge in [-0.2, -0.15) is 17.6 Å². The summed E-state index contributed by atoms with van der Waals surface area (Å²) in [5.41, 5.74) is 3.11. The second-order valence-corrected chi connectivity index (χ2v) is 17.8. The van der Waals surface area contributed by atoms with Gasteiger partial charge in [0.1, 0.15) is 57.5 Å². The zero-order valence-corrected chi connectivity index (χ0v) is 40.6. The monoisotopic (exact) mass is 1010 g/mol. The van der Waals surface area contributed by atoms with E-state index in [0.717, 1.165) is 67.2 Å². The Hall–Kier alpha value is -7.34. The van der Waals surface area contributed by atoms with Gasteiger partial charge in [-0.05, 0) is 145 Å². The zero-order chi connectivity index (χ0) is 52.5. The van der Waals surface area contributed by atoms with E-state index in [2.05, 4.69) is 23.3 Å². The number of unbranched alkanes of at least 4 members (excludes halogenated alkanes) is 3. The first-order valence-corrected chi connectivity index (χ1v) is 23.9. The fourth-order valence-electron chi connectivity index (χ4n) is 8.17. The molecule has 0 spiro atoms. The summed E-state index contributed by atoms with van der Waals surface area (Å²) in [6.07, 6.45) is -1.02. The van der Waals surface area contributed by atoms with Crippen LogP contribution in [0.4, 0.5) is 43.9 Å². The third-order valence-corrected chi connectivity index (χ3v) is 12.2. The number of benzene rings is 8. The highest BCUT2D eigenvalue weighted by atomic mass is 19.3. The lowest BCUT2D eigenvalue weighted by Gasteiger charge is -2.20. The molecular weight excluding hydrogens is 955 g/mol. The van der Waals surface area contributed by atoms with Crippen LogP contribution in [0.1, 0.15) is 79.3 Å². The van der Waals surface area contributed by atoms with Crippen LogP contribution >= 0.6 is 0 Å². The molecule has 0 aromatic heterocycles. The Bertz CT molecular complexity index is 3090. The van der Waals surface area contributed by atoms with Gasteiger partial charge in [0, 0.05) is 11.1 Å². The molecule has 0 N–H and O–H groups in total. The number of rotatable bonds is 17. The van der Waals surface area contributed by atoms with Gasteiger partial charge in [0.2, 0.25) is 0 Å². The van der Waals surface area contributed by atoms with Crippen LogP contribution in [-0.4, -0.2) is 0 Å². The molecule has 378 valence electrons. The molecule has 0 atom stereocenters. The summed E-state index contributed by atoms with van der Waals surface area (Å²) in [7, 11) is 0. The van der Waals surface area contributed by atoms with Gasteiger partial charge in [0.15, 0.2) is 0 Å². The fraction of sp³-hybridized carbons (Fsp3) is 0.213. The molecule has 0 unspecified atom stereocenters. The lowest BCUT2D eigenvalue weighted by Crippen LogP contribution is -2.25. The van der Waals surface area contributed by atoms with E-state index in [9.17, 15) is 39.5 Å². The Morgan fingerprint density at radius 1 is 0.342 bits per heavy atom. The minimum atomic E-state index is -4.27. The fourth-order valence-corrected chi connectivity index (χ4v) is 8.17. The van der Waals surface area contributed by atoms with Gasteiger partial charge in [0.05, 0.1) is 0 Å². The average molecular weight is 1010 g/mol. The van der Waals surface area contributed by atoms with Crippen LogP contribution in [0.3, 0.4) is 0 Å². The first-order valence-electron chi connectivity index (χ1n) is 23.9. The molecule has 73 heavy (non-hydrogen) atoms. The highest BCUT2D eigenvalue weighted by molar-refractivity contribution is 5.73. The highest BCUT2D eigenvalue weighted by Gasteiger charge is 2.42. The number of aryl methyl sites for hydroxylation is 4. The second kappa shape index (κ2) is 23.5. The van der Waals surface area contributed by atoms with Crippen LogP contribution in [0, 0.1) is 48.8 Å². The number of ether oxygens (including phenoxy) is 2. The molecule has 8 rings (SSSR count). The molecule has 12 heteroatoms. The number of hydrogen-bond donors (Lipinski definition) is 0.